The van der Waals surface area contributed by atoms with E-state index in [1.807, 2.05) is 0 Å². The maximum atomic E-state index is 12.0. The monoisotopic (exact) mass is 284 g/mol. The molecule has 4 atom stereocenters. The third kappa shape index (κ3) is 4.12. The van der Waals surface area contributed by atoms with Crippen LogP contribution in [0.4, 0.5) is 4.79 Å². The Morgan fingerprint density at radius 3 is 2.30 bits per heavy atom. The van der Waals surface area contributed by atoms with Crippen LogP contribution in [-0.2, 0) is 4.79 Å². The second-order valence-corrected chi connectivity index (χ2v) is 6.97. The van der Waals surface area contributed by atoms with Crippen LogP contribution in [0.1, 0.15) is 53.9 Å². The number of carboxylic acid groups (broad SMARTS) is 1. The van der Waals surface area contributed by atoms with E-state index in [-0.39, 0.29) is 12.1 Å². The van der Waals surface area contributed by atoms with Crippen molar-refractivity contribution >= 4 is 12.0 Å². The second-order valence-electron chi connectivity index (χ2n) is 6.97. The molecule has 0 bridgehead atoms. The van der Waals surface area contributed by atoms with E-state index in [0.29, 0.717) is 11.8 Å². The molecule has 5 heteroatoms. The minimum Gasteiger partial charge on any atom is -0.480 e. The van der Waals surface area contributed by atoms with Crippen LogP contribution in [0, 0.1) is 17.3 Å². The summed E-state index contributed by atoms with van der Waals surface area (Å²) in [6.07, 6.45) is 3.23. The van der Waals surface area contributed by atoms with Crippen molar-refractivity contribution in [3.8, 4) is 0 Å². The molecular formula is C15H28N2O3. The fraction of sp³-hybridized carbons (Fsp3) is 0.867. The van der Waals surface area contributed by atoms with Crippen molar-refractivity contribution in [2.75, 3.05) is 0 Å². The third-order valence-electron chi connectivity index (χ3n) is 4.46. The van der Waals surface area contributed by atoms with Crippen molar-refractivity contribution in [3.63, 3.8) is 0 Å². The molecule has 0 aromatic carbocycles. The summed E-state index contributed by atoms with van der Waals surface area (Å²) in [6.45, 7) is 9.74. The average molecular weight is 284 g/mol. The highest BCUT2D eigenvalue weighted by molar-refractivity contribution is 5.83. The minimum atomic E-state index is -1.00. The predicted octanol–water partition coefficient (Wildman–Crippen LogP) is 2.61. The summed E-state index contributed by atoms with van der Waals surface area (Å²) in [7, 11) is 0. The van der Waals surface area contributed by atoms with Crippen LogP contribution in [0.15, 0.2) is 0 Å². The van der Waals surface area contributed by atoms with E-state index in [9.17, 15) is 14.7 Å². The lowest BCUT2D eigenvalue weighted by atomic mass is 9.87. The van der Waals surface area contributed by atoms with Gasteiger partial charge in [0.25, 0.3) is 0 Å². The van der Waals surface area contributed by atoms with Gasteiger partial charge >= 0.3 is 12.0 Å². The lowest BCUT2D eigenvalue weighted by molar-refractivity contribution is -0.141. The Bertz CT molecular complexity index is 363. The van der Waals surface area contributed by atoms with Crippen LogP contribution in [0.25, 0.3) is 0 Å². The summed E-state index contributed by atoms with van der Waals surface area (Å²) in [5.74, 6) is 0.0976. The number of amides is 2. The average Bonchev–Trinajstić information content (AvgIpc) is 2.65. The molecule has 5 nitrogen and oxygen atoms in total. The van der Waals surface area contributed by atoms with Gasteiger partial charge in [-0.15, -0.1) is 0 Å². The molecule has 1 rings (SSSR count). The molecule has 20 heavy (non-hydrogen) atoms. The van der Waals surface area contributed by atoms with Crippen molar-refractivity contribution in [2.45, 2.75) is 66.0 Å². The fourth-order valence-corrected chi connectivity index (χ4v) is 3.02. The number of nitrogens with one attached hydrogen (secondary N) is 2. The van der Waals surface area contributed by atoms with Crippen LogP contribution in [0.5, 0.6) is 0 Å². The molecule has 0 aromatic rings. The summed E-state index contributed by atoms with van der Waals surface area (Å²) in [4.78, 5) is 23.3. The Morgan fingerprint density at radius 2 is 1.90 bits per heavy atom. The molecule has 3 N–H and O–H groups in total. The van der Waals surface area contributed by atoms with Gasteiger partial charge in [-0.1, -0.05) is 41.0 Å². The molecule has 3 unspecified atom stereocenters. The third-order valence-corrected chi connectivity index (χ3v) is 4.46. The number of aliphatic carboxylic acids is 1. The van der Waals surface area contributed by atoms with E-state index in [1.165, 1.54) is 0 Å². The first-order valence-electron chi connectivity index (χ1n) is 7.46. The molecular weight excluding hydrogens is 256 g/mol. The highest BCUT2D eigenvalue weighted by atomic mass is 16.4. The lowest BCUT2D eigenvalue weighted by Gasteiger charge is -2.29. The Kier molecular flexibility index (Phi) is 5.42. The molecule has 116 valence electrons. The Hall–Kier alpha value is -1.26. The van der Waals surface area contributed by atoms with Gasteiger partial charge in [0, 0.05) is 6.04 Å². The molecule has 0 radical (unpaired) electrons. The highest BCUT2D eigenvalue weighted by Crippen LogP contribution is 2.33. The fourth-order valence-electron chi connectivity index (χ4n) is 3.02. The first-order valence-corrected chi connectivity index (χ1v) is 7.46. The van der Waals surface area contributed by atoms with Crippen molar-refractivity contribution in [1.82, 2.24) is 10.6 Å². The van der Waals surface area contributed by atoms with Gasteiger partial charge in [0.05, 0.1) is 0 Å². The van der Waals surface area contributed by atoms with E-state index < -0.39 is 17.4 Å². The normalized spacial score (nSPS) is 27.9. The largest absolute Gasteiger partial charge is 0.480 e. The van der Waals surface area contributed by atoms with Crippen molar-refractivity contribution in [2.24, 2.45) is 17.3 Å². The molecule has 1 aliphatic rings. The Balaban J connectivity index is 2.57. The van der Waals surface area contributed by atoms with E-state index in [2.05, 4.69) is 24.5 Å². The van der Waals surface area contributed by atoms with E-state index >= 15 is 0 Å². The maximum Gasteiger partial charge on any atom is 0.326 e. The van der Waals surface area contributed by atoms with Crippen LogP contribution in [0.2, 0.25) is 0 Å². The molecule has 0 aromatic heterocycles. The number of carboxylic acids is 1. The van der Waals surface area contributed by atoms with Gasteiger partial charge in [-0.3, -0.25) is 0 Å². The summed E-state index contributed by atoms with van der Waals surface area (Å²) < 4.78 is 0. The topological polar surface area (TPSA) is 78.4 Å². The minimum absolute atomic E-state index is 0.148. The molecule has 0 saturated heterocycles. The molecule has 1 saturated carbocycles. The van der Waals surface area contributed by atoms with Gasteiger partial charge in [-0.25, -0.2) is 9.59 Å². The molecule has 2 amide bonds. The lowest BCUT2D eigenvalue weighted by Crippen LogP contribution is -2.54. The standard InChI is InChI=1S/C15H28N2O3/c1-6-10-7-8-11(9(10)2)16-14(20)17-12(13(18)19)15(3,4)5/h9-12H,6-8H2,1-5H3,(H,18,19)(H2,16,17,20)/t9?,10?,11?,12-/m1/s1. The summed E-state index contributed by atoms with van der Waals surface area (Å²) in [5, 5.41) is 14.7. The van der Waals surface area contributed by atoms with E-state index in [4.69, 9.17) is 0 Å². The van der Waals surface area contributed by atoms with Gasteiger partial charge in [0.1, 0.15) is 6.04 Å². The number of urea groups is 1. The van der Waals surface area contributed by atoms with Crippen molar-refractivity contribution < 1.29 is 14.7 Å². The SMILES string of the molecule is CCC1CCC(NC(=O)N[C@H](C(=O)O)C(C)(C)C)C1C. The molecule has 1 fully saturated rings. The van der Waals surface area contributed by atoms with Crippen LogP contribution >= 0.6 is 0 Å². The molecule has 0 aliphatic heterocycles. The number of rotatable bonds is 4. The zero-order valence-corrected chi connectivity index (χ0v) is 13.2. The van der Waals surface area contributed by atoms with Gasteiger partial charge < -0.3 is 15.7 Å². The summed E-state index contributed by atoms with van der Waals surface area (Å²) in [6, 6.07) is -1.11. The predicted molar refractivity (Wildman–Crippen MR) is 78.5 cm³/mol. The van der Waals surface area contributed by atoms with Gasteiger partial charge in [0.2, 0.25) is 0 Å². The molecule has 0 spiro atoms. The summed E-state index contributed by atoms with van der Waals surface area (Å²) >= 11 is 0. The van der Waals surface area contributed by atoms with Crippen LogP contribution in [-0.4, -0.2) is 29.2 Å². The van der Waals surface area contributed by atoms with Gasteiger partial charge in [-0.2, -0.15) is 0 Å². The first-order chi connectivity index (χ1) is 9.16. The quantitative estimate of drug-likeness (QED) is 0.742. The zero-order valence-electron chi connectivity index (χ0n) is 13.2. The van der Waals surface area contributed by atoms with Crippen molar-refractivity contribution in [3.05, 3.63) is 0 Å². The highest BCUT2D eigenvalue weighted by Gasteiger charge is 2.35. The number of hydrogen-bond acceptors (Lipinski definition) is 2. The smallest absolute Gasteiger partial charge is 0.326 e. The summed E-state index contributed by atoms with van der Waals surface area (Å²) in [5.41, 5.74) is -0.517. The Morgan fingerprint density at radius 1 is 1.30 bits per heavy atom. The van der Waals surface area contributed by atoms with Crippen LogP contribution in [0.3, 0.4) is 0 Å². The van der Waals surface area contributed by atoms with Gasteiger partial charge in [-0.05, 0) is 30.1 Å². The number of carbonyl (C=O) groups excluding carboxylic acids is 1. The van der Waals surface area contributed by atoms with Crippen molar-refractivity contribution in [1.29, 1.82) is 0 Å². The van der Waals surface area contributed by atoms with Crippen LogP contribution < -0.4 is 10.6 Å². The molecule has 1 aliphatic carbocycles. The Labute approximate surface area is 121 Å². The van der Waals surface area contributed by atoms with Gasteiger partial charge in [0.15, 0.2) is 0 Å². The number of hydrogen-bond donors (Lipinski definition) is 3. The number of carbonyl (C=O) groups is 2. The zero-order chi connectivity index (χ0) is 15.5. The second kappa shape index (κ2) is 6.46. The first kappa shape index (κ1) is 16.8. The van der Waals surface area contributed by atoms with E-state index in [1.54, 1.807) is 20.8 Å². The van der Waals surface area contributed by atoms with E-state index in [0.717, 1.165) is 19.3 Å². The maximum absolute atomic E-state index is 12.0. The molecule has 0 heterocycles.